The van der Waals surface area contributed by atoms with Crippen molar-refractivity contribution in [2.24, 2.45) is 0 Å². The summed E-state index contributed by atoms with van der Waals surface area (Å²) in [6.07, 6.45) is 0.731. The van der Waals surface area contributed by atoms with Crippen molar-refractivity contribution in [1.29, 1.82) is 0 Å². The molecule has 0 amide bonds. The van der Waals surface area contributed by atoms with E-state index in [2.05, 4.69) is 5.32 Å². The molecule has 0 spiro atoms. The fraction of sp³-hybridized carbons (Fsp3) is 0.316. The van der Waals surface area contributed by atoms with Gasteiger partial charge in [-0.1, -0.05) is 0 Å². The minimum Gasteiger partial charge on any atom is -0.497 e. The molecule has 3 rings (SSSR count). The second-order valence-electron chi connectivity index (χ2n) is 5.84. The van der Waals surface area contributed by atoms with Gasteiger partial charge in [0.25, 0.3) is 5.56 Å². The van der Waals surface area contributed by atoms with Crippen LogP contribution in [0.1, 0.15) is 39.6 Å². The summed E-state index contributed by atoms with van der Waals surface area (Å²) in [7, 11) is 1.55. The highest BCUT2D eigenvalue weighted by atomic mass is 16.5. The number of benzene rings is 1. The molecule has 0 saturated heterocycles. The number of ether oxygens (including phenoxy) is 2. The molecule has 0 bridgehead atoms. The van der Waals surface area contributed by atoms with Gasteiger partial charge in [-0.2, -0.15) is 0 Å². The van der Waals surface area contributed by atoms with Crippen LogP contribution in [0.3, 0.4) is 0 Å². The Kier molecular flexibility index (Phi) is 5.06. The first-order chi connectivity index (χ1) is 12.6. The molecule has 0 fully saturated rings. The van der Waals surface area contributed by atoms with Crippen LogP contribution in [0.5, 0.6) is 5.75 Å². The fourth-order valence-electron chi connectivity index (χ4n) is 2.94. The minimum atomic E-state index is -0.720. The van der Waals surface area contributed by atoms with Crippen LogP contribution in [0.15, 0.2) is 35.1 Å². The Labute approximate surface area is 150 Å². The van der Waals surface area contributed by atoms with Gasteiger partial charge in [0.1, 0.15) is 17.1 Å². The van der Waals surface area contributed by atoms with Crippen molar-refractivity contribution in [2.75, 3.05) is 25.6 Å². The zero-order valence-corrected chi connectivity index (χ0v) is 14.7. The molecule has 0 unspecified atom stereocenters. The van der Waals surface area contributed by atoms with Gasteiger partial charge in [-0.05, 0) is 43.7 Å². The molecule has 2 heterocycles. The lowest BCUT2D eigenvalue weighted by molar-refractivity contribution is 0.0523. The molecule has 1 aliphatic rings. The van der Waals surface area contributed by atoms with E-state index in [1.54, 1.807) is 38.3 Å². The molecule has 1 N–H and O–H groups in total. The van der Waals surface area contributed by atoms with Gasteiger partial charge in [0, 0.05) is 18.7 Å². The Morgan fingerprint density at radius 1 is 1.19 bits per heavy atom. The van der Waals surface area contributed by atoms with Gasteiger partial charge in [0.2, 0.25) is 0 Å². The molecule has 7 nitrogen and oxygen atoms in total. The number of carbonyl (C=O) groups is 2. The number of rotatable bonds is 5. The lowest BCUT2D eigenvalue weighted by Crippen LogP contribution is -2.35. The van der Waals surface area contributed by atoms with E-state index in [0.717, 1.165) is 6.42 Å². The number of carbonyl (C=O) groups excluding carboxylic acids is 2. The number of aromatic nitrogens is 1. The van der Waals surface area contributed by atoms with E-state index in [-0.39, 0.29) is 23.5 Å². The lowest BCUT2D eigenvalue weighted by Gasteiger charge is -2.23. The molecule has 26 heavy (non-hydrogen) atoms. The molecule has 1 aromatic carbocycles. The largest absolute Gasteiger partial charge is 0.497 e. The van der Waals surface area contributed by atoms with Crippen molar-refractivity contribution >= 4 is 17.6 Å². The molecule has 7 heteroatoms. The van der Waals surface area contributed by atoms with Gasteiger partial charge in [0.05, 0.1) is 19.3 Å². The highest BCUT2D eigenvalue weighted by molar-refractivity contribution is 6.13. The zero-order chi connectivity index (χ0) is 18.7. The summed E-state index contributed by atoms with van der Waals surface area (Å²) in [6.45, 7) is 2.91. The van der Waals surface area contributed by atoms with Gasteiger partial charge in [-0.15, -0.1) is 0 Å². The molecule has 2 aromatic rings. The molecule has 0 saturated carbocycles. The summed E-state index contributed by atoms with van der Waals surface area (Å²) in [6, 6.07) is 8.01. The number of hydrogen-bond acceptors (Lipinski definition) is 6. The van der Waals surface area contributed by atoms with Crippen molar-refractivity contribution in [3.05, 3.63) is 57.4 Å². The van der Waals surface area contributed by atoms with Crippen molar-refractivity contribution in [3.8, 4) is 5.75 Å². The van der Waals surface area contributed by atoms with Crippen LogP contribution in [-0.2, 0) is 11.3 Å². The summed E-state index contributed by atoms with van der Waals surface area (Å²) < 4.78 is 11.5. The van der Waals surface area contributed by atoms with Crippen molar-refractivity contribution in [1.82, 2.24) is 4.57 Å². The topological polar surface area (TPSA) is 86.6 Å². The summed E-state index contributed by atoms with van der Waals surface area (Å²) >= 11 is 0. The summed E-state index contributed by atoms with van der Waals surface area (Å²) in [5.74, 6) is 0.0758. The van der Waals surface area contributed by atoms with Gasteiger partial charge < -0.3 is 14.8 Å². The number of nitrogens with zero attached hydrogens (tertiary/aromatic N) is 1. The van der Waals surface area contributed by atoms with Crippen LogP contribution in [0, 0.1) is 0 Å². The molecule has 136 valence electrons. The van der Waals surface area contributed by atoms with Crippen LogP contribution >= 0.6 is 0 Å². The zero-order valence-electron chi connectivity index (χ0n) is 14.7. The second-order valence-corrected chi connectivity index (χ2v) is 5.84. The van der Waals surface area contributed by atoms with Crippen LogP contribution in [0.25, 0.3) is 0 Å². The maximum absolute atomic E-state index is 13.0. The van der Waals surface area contributed by atoms with E-state index in [9.17, 15) is 14.4 Å². The van der Waals surface area contributed by atoms with E-state index in [4.69, 9.17) is 9.47 Å². The Hall–Kier alpha value is -3.09. The Bertz CT molecular complexity index is 899. The fourth-order valence-corrected chi connectivity index (χ4v) is 2.94. The summed E-state index contributed by atoms with van der Waals surface area (Å²) in [4.78, 5) is 37.8. The maximum atomic E-state index is 13.0. The van der Waals surface area contributed by atoms with Gasteiger partial charge in [-0.25, -0.2) is 4.79 Å². The Morgan fingerprint density at radius 2 is 1.92 bits per heavy atom. The smallest absolute Gasteiger partial charge is 0.343 e. The second kappa shape index (κ2) is 7.43. The van der Waals surface area contributed by atoms with E-state index in [0.29, 0.717) is 30.2 Å². The number of fused-ring (bicyclic) bond motifs is 1. The number of hydrogen-bond donors (Lipinski definition) is 1. The lowest BCUT2D eigenvalue weighted by atomic mass is 10.0. The number of anilines is 1. The third kappa shape index (κ3) is 3.20. The molecular weight excluding hydrogens is 336 g/mol. The van der Waals surface area contributed by atoms with E-state index < -0.39 is 11.5 Å². The van der Waals surface area contributed by atoms with E-state index in [1.807, 2.05) is 0 Å². The number of esters is 1. The average Bonchev–Trinajstić information content (AvgIpc) is 2.68. The SMILES string of the molecule is CCOC(=O)c1cc(C(=O)c2ccc(OC)cc2)c2n(c1=O)CCCN2. The first kappa shape index (κ1) is 17.7. The van der Waals surface area contributed by atoms with Gasteiger partial charge >= 0.3 is 5.97 Å². The predicted molar refractivity (Wildman–Crippen MR) is 96.2 cm³/mol. The van der Waals surface area contributed by atoms with Crippen LogP contribution < -0.4 is 15.6 Å². The van der Waals surface area contributed by atoms with Crippen molar-refractivity contribution in [2.45, 2.75) is 19.9 Å². The van der Waals surface area contributed by atoms with E-state index >= 15 is 0 Å². The molecule has 1 aliphatic heterocycles. The van der Waals surface area contributed by atoms with Crippen LogP contribution in [0.2, 0.25) is 0 Å². The summed E-state index contributed by atoms with van der Waals surface area (Å²) in [5.41, 5.74) is 0.139. The molecule has 0 radical (unpaired) electrons. The number of pyridine rings is 1. The third-order valence-electron chi connectivity index (χ3n) is 4.23. The minimum absolute atomic E-state index is 0.129. The van der Waals surface area contributed by atoms with Crippen molar-refractivity contribution < 1.29 is 19.1 Å². The average molecular weight is 356 g/mol. The highest BCUT2D eigenvalue weighted by Crippen LogP contribution is 2.23. The number of ketones is 1. The number of nitrogens with one attached hydrogen (secondary N) is 1. The van der Waals surface area contributed by atoms with E-state index in [1.165, 1.54) is 10.6 Å². The normalized spacial score (nSPS) is 12.7. The van der Waals surface area contributed by atoms with Gasteiger partial charge in [0.15, 0.2) is 5.78 Å². The van der Waals surface area contributed by atoms with Gasteiger partial charge in [-0.3, -0.25) is 14.2 Å². The standard InChI is InChI=1S/C19H20N2O5/c1-3-26-19(24)15-11-14(17-20-9-4-10-21(17)18(15)23)16(22)12-5-7-13(25-2)8-6-12/h5-8,11,20H,3-4,9-10H2,1-2H3. The monoisotopic (exact) mass is 356 g/mol. The molecular formula is C19H20N2O5. The van der Waals surface area contributed by atoms with Crippen LogP contribution in [-0.4, -0.2) is 36.6 Å². The predicted octanol–water partition coefficient (Wildman–Crippen LogP) is 2.08. The molecule has 0 aliphatic carbocycles. The first-order valence-corrected chi connectivity index (χ1v) is 8.44. The third-order valence-corrected chi connectivity index (χ3v) is 4.23. The quantitative estimate of drug-likeness (QED) is 0.652. The Morgan fingerprint density at radius 3 is 2.58 bits per heavy atom. The van der Waals surface area contributed by atoms with Crippen molar-refractivity contribution in [3.63, 3.8) is 0 Å². The maximum Gasteiger partial charge on any atom is 0.343 e. The molecule has 1 aromatic heterocycles. The Balaban J connectivity index is 2.12. The number of methoxy groups -OCH3 is 1. The van der Waals surface area contributed by atoms with Crippen LogP contribution in [0.4, 0.5) is 5.82 Å². The molecule has 0 atom stereocenters. The first-order valence-electron chi connectivity index (χ1n) is 8.44. The summed E-state index contributed by atoms with van der Waals surface area (Å²) in [5, 5.41) is 3.11. The highest BCUT2D eigenvalue weighted by Gasteiger charge is 2.25.